The maximum absolute atomic E-state index is 12.0. The van der Waals surface area contributed by atoms with Gasteiger partial charge >= 0.3 is 0 Å². The molecule has 0 aliphatic carbocycles. The van der Waals surface area contributed by atoms with E-state index >= 15 is 0 Å². The molecule has 0 atom stereocenters. The van der Waals surface area contributed by atoms with Crippen molar-refractivity contribution in [3.63, 3.8) is 0 Å². The Labute approximate surface area is 185 Å². The first-order chi connectivity index (χ1) is 15.0. The van der Waals surface area contributed by atoms with Gasteiger partial charge in [0.2, 0.25) is 0 Å². The van der Waals surface area contributed by atoms with Gasteiger partial charge in [0.05, 0.1) is 12.8 Å². The van der Waals surface area contributed by atoms with Crippen molar-refractivity contribution in [3.8, 4) is 5.75 Å². The summed E-state index contributed by atoms with van der Waals surface area (Å²) in [6.07, 6.45) is 1.51. The molecule has 0 unspecified atom stereocenters. The third-order valence-electron chi connectivity index (χ3n) is 4.31. The molecule has 0 radical (unpaired) electrons. The minimum Gasteiger partial charge on any atom is -0.489 e. The van der Waals surface area contributed by atoms with Crippen LogP contribution in [0.1, 0.15) is 27.0 Å². The first-order valence-corrected chi connectivity index (χ1v) is 10.0. The Morgan fingerprint density at radius 1 is 1.03 bits per heavy atom. The van der Waals surface area contributed by atoms with E-state index in [0.29, 0.717) is 17.2 Å². The Bertz CT molecular complexity index is 1060. The van der Waals surface area contributed by atoms with E-state index < -0.39 is 5.91 Å². The largest absolute Gasteiger partial charge is 0.489 e. The van der Waals surface area contributed by atoms with Gasteiger partial charge in [-0.15, -0.1) is 0 Å². The van der Waals surface area contributed by atoms with E-state index in [-0.39, 0.29) is 12.5 Å². The maximum Gasteiger partial charge on any atom is 0.259 e. The fourth-order valence-electron chi connectivity index (χ4n) is 2.61. The average molecular weight is 436 g/mol. The zero-order chi connectivity index (χ0) is 22.1. The molecule has 0 spiro atoms. The van der Waals surface area contributed by atoms with Crippen LogP contribution in [0.5, 0.6) is 5.75 Å². The summed E-state index contributed by atoms with van der Waals surface area (Å²) in [5, 5.41) is 6.86. The molecule has 0 aliphatic heterocycles. The van der Waals surface area contributed by atoms with Gasteiger partial charge < -0.3 is 10.1 Å². The number of hydrazone groups is 1. The van der Waals surface area contributed by atoms with E-state index in [4.69, 9.17) is 16.3 Å². The summed E-state index contributed by atoms with van der Waals surface area (Å²) in [4.78, 5) is 23.8. The minimum absolute atomic E-state index is 0.200. The lowest BCUT2D eigenvalue weighted by atomic mass is 10.2. The van der Waals surface area contributed by atoms with Crippen LogP contribution in [0.3, 0.4) is 0 Å². The van der Waals surface area contributed by atoms with E-state index in [1.54, 1.807) is 18.2 Å². The fraction of sp³-hybridized carbons (Fsp3) is 0.125. The summed E-state index contributed by atoms with van der Waals surface area (Å²) < 4.78 is 5.77. The Hall–Kier alpha value is -3.64. The van der Waals surface area contributed by atoms with Crippen molar-refractivity contribution < 1.29 is 14.3 Å². The molecule has 6 nitrogen and oxygen atoms in total. The van der Waals surface area contributed by atoms with Gasteiger partial charge in [-0.3, -0.25) is 9.59 Å². The summed E-state index contributed by atoms with van der Waals surface area (Å²) in [6, 6.07) is 22.0. The summed E-state index contributed by atoms with van der Waals surface area (Å²) in [5.41, 5.74) is 5.86. The predicted octanol–water partition coefficient (Wildman–Crippen LogP) is 4.11. The Kier molecular flexibility index (Phi) is 7.79. The lowest BCUT2D eigenvalue weighted by Gasteiger charge is -2.07. The number of nitrogens with zero attached hydrogens (tertiary/aromatic N) is 1. The molecular formula is C24H22ClN3O3. The molecule has 3 aromatic carbocycles. The molecule has 3 rings (SSSR count). The topological polar surface area (TPSA) is 79.8 Å². The van der Waals surface area contributed by atoms with Gasteiger partial charge in [0.15, 0.2) is 0 Å². The van der Waals surface area contributed by atoms with Crippen LogP contribution in [0.2, 0.25) is 5.02 Å². The van der Waals surface area contributed by atoms with Crippen LogP contribution in [-0.2, 0) is 11.4 Å². The lowest BCUT2D eigenvalue weighted by Crippen LogP contribution is -2.34. The number of halogens is 1. The van der Waals surface area contributed by atoms with E-state index in [2.05, 4.69) is 28.0 Å². The molecule has 2 amide bonds. The van der Waals surface area contributed by atoms with Crippen molar-refractivity contribution in [1.82, 2.24) is 10.7 Å². The van der Waals surface area contributed by atoms with Crippen molar-refractivity contribution in [1.29, 1.82) is 0 Å². The van der Waals surface area contributed by atoms with Gasteiger partial charge in [0.25, 0.3) is 11.8 Å². The van der Waals surface area contributed by atoms with Crippen LogP contribution >= 0.6 is 11.6 Å². The summed E-state index contributed by atoms with van der Waals surface area (Å²) >= 11 is 5.85. The van der Waals surface area contributed by atoms with Gasteiger partial charge in [-0.05, 0) is 60.5 Å². The number of carbonyl (C=O) groups is 2. The number of hydrogen-bond acceptors (Lipinski definition) is 4. The summed E-state index contributed by atoms with van der Waals surface area (Å²) in [6.45, 7) is 2.34. The second-order valence-corrected chi connectivity index (χ2v) is 7.27. The first-order valence-electron chi connectivity index (χ1n) is 9.64. The molecule has 3 aromatic rings. The van der Waals surface area contributed by atoms with Crippen LogP contribution in [0.4, 0.5) is 0 Å². The van der Waals surface area contributed by atoms with E-state index in [1.165, 1.54) is 17.8 Å². The highest BCUT2D eigenvalue weighted by Gasteiger charge is 2.07. The van der Waals surface area contributed by atoms with Gasteiger partial charge in [-0.2, -0.15) is 5.10 Å². The van der Waals surface area contributed by atoms with Crippen LogP contribution in [-0.4, -0.2) is 24.6 Å². The van der Waals surface area contributed by atoms with E-state index in [1.807, 2.05) is 43.3 Å². The standard InChI is InChI=1S/C24H22ClN3O3/c1-17-5-7-19(8-6-17)16-31-22-11-9-18(10-12-22)14-27-28-23(29)15-26-24(30)20-3-2-4-21(25)13-20/h2-14H,15-16H2,1H3,(H,26,30)(H,28,29)/b27-14+. The summed E-state index contributed by atoms with van der Waals surface area (Å²) in [7, 11) is 0. The van der Waals surface area contributed by atoms with Gasteiger partial charge in [0, 0.05) is 10.6 Å². The molecule has 0 saturated carbocycles. The molecule has 158 valence electrons. The molecule has 7 heteroatoms. The normalized spacial score (nSPS) is 10.6. The molecule has 0 aliphatic rings. The molecule has 2 N–H and O–H groups in total. The fourth-order valence-corrected chi connectivity index (χ4v) is 2.80. The summed E-state index contributed by atoms with van der Waals surface area (Å²) in [5.74, 6) is -0.0852. The number of hydrogen-bond donors (Lipinski definition) is 2. The lowest BCUT2D eigenvalue weighted by molar-refractivity contribution is -0.120. The molecule has 0 bridgehead atoms. The minimum atomic E-state index is -0.440. The third-order valence-corrected chi connectivity index (χ3v) is 4.54. The molecular weight excluding hydrogens is 414 g/mol. The van der Waals surface area contributed by atoms with E-state index in [9.17, 15) is 9.59 Å². The molecule has 0 fully saturated rings. The number of nitrogens with one attached hydrogen (secondary N) is 2. The number of carbonyl (C=O) groups excluding carboxylic acids is 2. The highest BCUT2D eigenvalue weighted by molar-refractivity contribution is 6.31. The SMILES string of the molecule is Cc1ccc(COc2ccc(/C=N/NC(=O)CNC(=O)c3cccc(Cl)c3)cc2)cc1. The maximum atomic E-state index is 12.0. The second kappa shape index (κ2) is 10.9. The second-order valence-electron chi connectivity index (χ2n) is 6.83. The van der Waals surface area contributed by atoms with Crippen molar-refractivity contribution in [2.75, 3.05) is 6.54 Å². The van der Waals surface area contributed by atoms with Crippen LogP contribution in [0, 0.1) is 6.92 Å². The highest BCUT2D eigenvalue weighted by Crippen LogP contribution is 2.14. The number of aryl methyl sites for hydroxylation is 1. The van der Waals surface area contributed by atoms with Crippen molar-refractivity contribution in [2.45, 2.75) is 13.5 Å². The molecule has 0 saturated heterocycles. The number of amides is 2. The molecule has 31 heavy (non-hydrogen) atoms. The molecule has 0 aromatic heterocycles. The van der Waals surface area contributed by atoms with Crippen molar-refractivity contribution >= 4 is 29.6 Å². The molecule has 0 heterocycles. The van der Waals surface area contributed by atoms with Crippen LogP contribution in [0.15, 0.2) is 77.9 Å². The van der Waals surface area contributed by atoms with E-state index in [0.717, 1.165) is 16.9 Å². The number of rotatable bonds is 8. The quantitative estimate of drug-likeness (QED) is 0.413. The monoisotopic (exact) mass is 435 g/mol. The Morgan fingerprint density at radius 2 is 1.77 bits per heavy atom. The average Bonchev–Trinajstić information content (AvgIpc) is 2.78. The van der Waals surface area contributed by atoms with Gasteiger partial charge in [0.1, 0.15) is 12.4 Å². The van der Waals surface area contributed by atoms with Crippen LogP contribution in [0.25, 0.3) is 0 Å². The van der Waals surface area contributed by atoms with Gasteiger partial charge in [-0.1, -0.05) is 47.5 Å². The Balaban J connectivity index is 1.41. The highest BCUT2D eigenvalue weighted by atomic mass is 35.5. The van der Waals surface area contributed by atoms with Gasteiger partial charge in [-0.25, -0.2) is 5.43 Å². The predicted molar refractivity (Wildman–Crippen MR) is 121 cm³/mol. The smallest absolute Gasteiger partial charge is 0.259 e. The number of benzene rings is 3. The van der Waals surface area contributed by atoms with Crippen molar-refractivity contribution in [3.05, 3.63) is 100 Å². The third kappa shape index (κ3) is 7.28. The zero-order valence-corrected chi connectivity index (χ0v) is 17.7. The van der Waals surface area contributed by atoms with Crippen LogP contribution < -0.4 is 15.5 Å². The van der Waals surface area contributed by atoms with Crippen molar-refractivity contribution in [2.24, 2.45) is 5.10 Å². The Morgan fingerprint density at radius 3 is 2.48 bits per heavy atom. The zero-order valence-electron chi connectivity index (χ0n) is 17.0. The number of ether oxygens (including phenoxy) is 1. The first kappa shape index (κ1) is 22.1.